The zero-order valence-corrected chi connectivity index (χ0v) is 6.88. The average Bonchev–Trinajstić information content (AvgIpc) is 1.99. The lowest BCUT2D eigenvalue weighted by Gasteiger charge is -2.08. The average molecular weight is 166 g/mol. The zero-order valence-electron chi connectivity index (χ0n) is 5.37. The van der Waals surface area contributed by atoms with Crippen molar-refractivity contribution >= 4 is 23.2 Å². The third kappa shape index (κ3) is 2.35. The first-order valence-electron chi connectivity index (χ1n) is 3.46. The Morgan fingerprint density at radius 1 is 1.22 bits per heavy atom. The SMILES string of the molecule is Cl[C]1CCCCCC1Cl. The van der Waals surface area contributed by atoms with E-state index in [-0.39, 0.29) is 5.38 Å². The minimum absolute atomic E-state index is 0.147. The Morgan fingerprint density at radius 2 is 2.00 bits per heavy atom. The van der Waals surface area contributed by atoms with Gasteiger partial charge in [-0.05, 0) is 12.8 Å². The molecule has 0 bridgehead atoms. The molecule has 1 unspecified atom stereocenters. The quantitative estimate of drug-likeness (QED) is 0.382. The van der Waals surface area contributed by atoms with Crippen molar-refractivity contribution in [3.05, 3.63) is 5.38 Å². The smallest absolute Gasteiger partial charge is 0.0815 e. The van der Waals surface area contributed by atoms with Crippen LogP contribution in [-0.4, -0.2) is 5.38 Å². The van der Waals surface area contributed by atoms with Crippen molar-refractivity contribution in [3.8, 4) is 0 Å². The van der Waals surface area contributed by atoms with Gasteiger partial charge in [0.05, 0.1) is 10.8 Å². The summed E-state index contributed by atoms with van der Waals surface area (Å²) in [6, 6.07) is 0. The predicted molar refractivity (Wildman–Crippen MR) is 41.8 cm³/mol. The van der Waals surface area contributed by atoms with Crippen LogP contribution in [0.15, 0.2) is 0 Å². The largest absolute Gasteiger partial charge is 0.121 e. The second-order valence-corrected chi connectivity index (χ2v) is 3.53. The summed E-state index contributed by atoms with van der Waals surface area (Å²) in [7, 11) is 0. The van der Waals surface area contributed by atoms with Gasteiger partial charge in [-0.25, -0.2) is 0 Å². The van der Waals surface area contributed by atoms with Gasteiger partial charge in [-0.1, -0.05) is 19.3 Å². The second kappa shape index (κ2) is 3.68. The van der Waals surface area contributed by atoms with Gasteiger partial charge in [0.15, 0.2) is 0 Å². The van der Waals surface area contributed by atoms with Crippen LogP contribution in [0.5, 0.6) is 0 Å². The van der Waals surface area contributed by atoms with Gasteiger partial charge < -0.3 is 0 Å². The fourth-order valence-corrected chi connectivity index (χ4v) is 1.61. The van der Waals surface area contributed by atoms with Crippen LogP contribution < -0.4 is 0 Å². The normalized spacial score (nSPS) is 32.0. The minimum Gasteiger partial charge on any atom is -0.121 e. The molecule has 0 saturated heterocycles. The van der Waals surface area contributed by atoms with Crippen LogP contribution in [0.2, 0.25) is 0 Å². The Morgan fingerprint density at radius 3 is 2.78 bits per heavy atom. The maximum atomic E-state index is 5.90. The van der Waals surface area contributed by atoms with E-state index in [1.165, 1.54) is 19.3 Å². The van der Waals surface area contributed by atoms with Gasteiger partial charge in [0, 0.05) is 0 Å². The van der Waals surface area contributed by atoms with Crippen LogP contribution in [0.25, 0.3) is 0 Å². The molecule has 53 valence electrons. The Bertz CT molecular complexity index is 73.0. The topological polar surface area (TPSA) is 0 Å². The highest BCUT2D eigenvalue weighted by atomic mass is 35.5. The zero-order chi connectivity index (χ0) is 6.69. The summed E-state index contributed by atoms with van der Waals surface area (Å²) in [5, 5.41) is 1.11. The van der Waals surface area contributed by atoms with E-state index in [4.69, 9.17) is 23.2 Å². The number of rotatable bonds is 0. The lowest BCUT2D eigenvalue weighted by Crippen LogP contribution is -2.03. The van der Waals surface area contributed by atoms with Crippen molar-refractivity contribution in [3.63, 3.8) is 0 Å². The van der Waals surface area contributed by atoms with E-state index in [2.05, 4.69) is 0 Å². The van der Waals surface area contributed by atoms with Crippen LogP contribution >= 0.6 is 23.2 Å². The highest BCUT2D eigenvalue weighted by Gasteiger charge is 2.19. The molecule has 1 rings (SSSR count). The molecule has 1 fully saturated rings. The minimum atomic E-state index is 0.147. The maximum absolute atomic E-state index is 5.90. The molecule has 0 aromatic carbocycles. The van der Waals surface area contributed by atoms with E-state index in [1.807, 2.05) is 0 Å². The van der Waals surface area contributed by atoms with Crippen molar-refractivity contribution in [1.29, 1.82) is 0 Å². The molecule has 1 aliphatic rings. The van der Waals surface area contributed by atoms with Crippen molar-refractivity contribution < 1.29 is 0 Å². The molecule has 0 spiro atoms. The molecule has 0 aliphatic heterocycles. The fourth-order valence-electron chi connectivity index (χ4n) is 1.11. The predicted octanol–water partition coefficient (Wildman–Crippen LogP) is 3.33. The Hall–Kier alpha value is 0.580. The molecule has 0 aromatic rings. The summed E-state index contributed by atoms with van der Waals surface area (Å²) in [6.45, 7) is 0. The molecule has 0 aromatic heterocycles. The summed E-state index contributed by atoms with van der Waals surface area (Å²) >= 11 is 11.8. The van der Waals surface area contributed by atoms with Crippen LogP contribution in [-0.2, 0) is 0 Å². The van der Waals surface area contributed by atoms with Gasteiger partial charge >= 0.3 is 0 Å². The van der Waals surface area contributed by atoms with Gasteiger partial charge in [0.1, 0.15) is 0 Å². The van der Waals surface area contributed by atoms with Gasteiger partial charge in [-0.2, -0.15) is 0 Å². The number of halogens is 2. The van der Waals surface area contributed by atoms with Gasteiger partial charge in [-0.15, -0.1) is 23.2 Å². The van der Waals surface area contributed by atoms with Gasteiger partial charge in [0.2, 0.25) is 0 Å². The van der Waals surface area contributed by atoms with Gasteiger partial charge in [0.25, 0.3) is 0 Å². The molecule has 1 radical (unpaired) electrons. The molecule has 0 N–H and O–H groups in total. The van der Waals surface area contributed by atoms with E-state index in [0.717, 1.165) is 18.2 Å². The number of hydrogen-bond acceptors (Lipinski definition) is 0. The molecule has 1 aliphatic carbocycles. The van der Waals surface area contributed by atoms with Crippen molar-refractivity contribution in [1.82, 2.24) is 0 Å². The van der Waals surface area contributed by atoms with Crippen molar-refractivity contribution in [2.24, 2.45) is 0 Å². The first-order chi connectivity index (χ1) is 4.30. The lowest BCUT2D eigenvalue weighted by atomic mass is 10.2. The highest BCUT2D eigenvalue weighted by Crippen LogP contribution is 2.31. The van der Waals surface area contributed by atoms with E-state index >= 15 is 0 Å². The molecule has 1 saturated carbocycles. The molecule has 0 nitrogen and oxygen atoms in total. The molecule has 2 heteroatoms. The summed E-state index contributed by atoms with van der Waals surface area (Å²) in [6.07, 6.45) is 5.85. The first-order valence-corrected chi connectivity index (χ1v) is 4.27. The number of hydrogen-bond donors (Lipinski definition) is 0. The summed E-state index contributed by atoms with van der Waals surface area (Å²) in [4.78, 5) is 0. The molecular weight excluding hydrogens is 155 g/mol. The Kier molecular flexibility index (Phi) is 3.14. The molecular formula is C7H11Cl2. The molecule has 0 amide bonds. The molecule has 1 atom stereocenters. The maximum Gasteiger partial charge on any atom is 0.0815 e. The Balaban J connectivity index is 2.32. The third-order valence-corrected chi connectivity index (χ3v) is 2.76. The van der Waals surface area contributed by atoms with E-state index in [9.17, 15) is 0 Å². The second-order valence-electron chi connectivity index (χ2n) is 2.51. The summed E-state index contributed by atoms with van der Waals surface area (Å²) in [5.41, 5.74) is 0. The summed E-state index contributed by atoms with van der Waals surface area (Å²) < 4.78 is 0. The summed E-state index contributed by atoms with van der Waals surface area (Å²) in [5.74, 6) is 0. The van der Waals surface area contributed by atoms with Gasteiger partial charge in [-0.3, -0.25) is 0 Å². The van der Waals surface area contributed by atoms with Crippen LogP contribution in [0.4, 0.5) is 0 Å². The first kappa shape index (κ1) is 7.68. The van der Waals surface area contributed by atoms with Crippen molar-refractivity contribution in [2.75, 3.05) is 0 Å². The fraction of sp³-hybridized carbons (Fsp3) is 0.857. The van der Waals surface area contributed by atoms with Crippen LogP contribution in [0.1, 0.15) is 32.1 Å². The Labute approximate surface area is 66.5 Å². The molecule has 9 heavy (non-hydrogen) atoms. The van der Waals surface area contributed by atoms with Crippen molar-refractivity contribution in [2.45, 2.75) is 37.5 Å². The standard InChI is InChI=1S/C7H11Cl2/c8-6-4-2-1-3-5-7(6)9/h6H,1-5H2. The van der Waals surface area contributed by atoms with Crippen LogP contribution in [0.3, 0.4) is 0 Å². The third-order valence-electron chi connectivity index (χ3n) is 1.71. The van der Waals surface area contributed by atoms with E-state index in [1.54, 1.807) is 0 Å². The highest BCUT2D eigenvalue weighted by molar-refractivity contribution is 6.35. The monoisotopic (exact) mass is 165 g/mol. The van der Waals surface area contributed by atoms with E-state index < -0.39 is 0 Å². The lowest BCUT2D eigenvalue weighted by molar-refractivity contribution is 0.704. The van der Waals surface area contributed by atoms with E-state index in [0.29, 0.717) is 0 Å². The van der Waals surface area contributed by atoms with Crippen LogP contribution in [0, 0.1) is 5.38 Å². The molecule has 0 heterocycles. The number of alkyl halides is 1.